The van der Waals surface area contributed by atoms with Gasteiger partial charge >= 0.3 is 5.97 Å². The lowest BCUT2D eigenvalue weighted by Gasteiger charge is -2.23. The van der Waals surface area contributed by atoms with Crippen molar-refractivity contribution in [2.75, 3.05) is 13.1 Å². The molecule has 1 aromatic heterocycles. The van der Waals surface area contributed by atoms with Crippen LogP contribution in [0.5, 0.6) is 0 Å². The molecule has 0 saturated carbocycles. The first kappa shape index (κ1) is 16.9. The van der Waals surface area contributed by atoms with Gasteiger partial charge in [-0.2, -0.15) is 5.26 Å². The highest BCUT2D eigenvalue weighted by atomic mass is 32.1. The van der Waals surface area contributed by atoms with E-state index < -0.39 is 5.97 Å². The predicted octanol–water partition coefficient (Wildman–Crippen LogP) is 2.86. The molecule has 6 heteroatoms. The number of thiophene rings is 1. The van der Waals surface area contributed by atoms with Crippen LogP contribution in [-0.4, -0.2) is 35.0 Å². The van der Waals surface area contributed by atoms with E-state index in [0.717, 1.165) is 6.08 Å². The van der Waals surface area contributed by atoms with Crippen LogP contribution < -0.4 is 0 Å². The Labute approximate surface area is 128 Å². The van der Waals surface area contributed by atoms with Gasteiger partial charge in [-0.15, -0.1) is 11.3 Å². The van der Waals surface area contributed by atoms with Gasteiger partial charge in [0.2, 0.25) is 0 Å². The van der Waals surface area contributed by atoms with E-state index in [4.69, 9.17) is 10.4 Å². The minimum absolute atomic E-state index is 0.154. The van der Waals surface area contributed by atoms with Crippen LogP contribution in [0.4, 0.5) is 0 Å². The summed E-state index contributed by atoms with van der Waals surface area (Å²) in [6.45, 7) is 4.96. The Kier molecular flexibility index (Phi) is 6.63. The molecule has 1 N–H and O–H groups in total. The van der Waals surface area contributed by atoms with Gasteiger partial charge in [-0.1, -0.05) is 13.8 Å². The van der Waals surface area contributed by atoms with Crippen molar-refractivity contribution < 1.29 is 14.7 Å². The topological polar surface area (TPSA) is 81.4 Å². The summed E-state index contributed by atoms with van der Waals surface area (Å²) in [6, 6.07) is 3.76. The van der Waals surface area contributed by atoms with Crippen LogP contribution in [0.2, 0.25) is 0 Å². The Balaban J connectivity index is 2.96. The number of nitrogens with zero attached hydrogens (tertiary/aromatic N) is 2. The number of hydrogen-bond acceptors (Lipinski definition) is 4. The van der Waals surface area contributed by atoms with E-state index in [1.807, 2.05) is 19.9 Å². The predicted molar refractivity (Wildman–Crippen MR) is 82.0 cm³/mol. The van der Waals surface area contributed by atoms with E-state index in [0.29, 0.717) is 29.4 Å². The maximum Gasteiger partial charge on any atom is 0.328 e. The van der Waals surface area contributed by atoms with Crippen LogP contribution in [0.15, 0.2) is 17.5 Å². The molecule has 0 aromatic carbocycles. The highest BCUT2D eigenvalue weighted by molar-refractivity contribution is 7.12. The van der Waals surface area contributed by atoms with Crippen molar-refractivity contribution >= 4 is 29.3 Å². The fraction of sp³-hybridized carbons (Fsp3) is 0.400. The quantitative estimate of drug-likeness (QED) is 0.785. The van der Waals surface area contributed by atoms with Gasteiger partial charge < -0.3 is 10.0 Å². The second kappa shape index (κ2) is 8.22. The SMILES string of the molecule is CC(C)CN(CCC#N)C(=O)c1sccc1C=CC(=O)O. The average Bonchev–Trinajstić information content (AvgIpc) is 2.88. The second-order valence-electron chi connectivity index (χ2n) is 4.93. The molecule has 0 fully saturated rings. The first-order chi connectivity index (χ1) is 9.95. The lowest BCUT2D eigenvalue weighted by Crippen LogP contribution is -2.34. The van der Waals surface area contributed by atoms with Crippen molar-refractivity contribution in [2.24, 2.45) is 5.92 Å². The molecule has 1 aromatic rings. The fourth-order valence-electron chi connectivity index (χ4n) is 1.83. The van der Waals surface area contributed by atoms with Crippen LogP contribution >= 0.6 is 11.3 Å². The summed E-state index contributed by atoms with van der Waals surface area (Å²) >= 11 is 1.28. The second-order valence-corrected chi connectivity index (χ2v) is 5.85. The zero-order chi connectivity index (χ0) is 15.8. The van der Waals surface area contributed by atoms with E-state index in [-0.39, 0.29) is 12.3 Å². The van der Waals surface area contributed by atoms with Gasteiger partial charge in [0.05, 0.1) is 17.4 Å². The van der Waals surface area contributed by atoms with E-state index in [2.05, 4.69) is 0 Å². The Morgan fingerprint density at radius 2 is 2.24 bits per heavy atom. The number of carbonyl (C=O) groups is 2. The van der Waals surface area contributed by atoms with Gasteiger partial charge in [0.15, 0.2) is 0 Å². The Bertz CT molecular complexity index is 570. The van der Waals surface area contributed by atoms with Crippen LogP contribution in [0.25, 0.3) is 6.08 Å². The molecule has 5 nitrogen and oxygen atoms in total. The molecule has 0 saturated heterocycles. The molecule has 1 rings (SSSR count). The number of carbonyl (C=O) groups excluding carboxylic acids is 1. The zero-order valence-corrected chi connectivity index (χ0v) is 12.9. The van der Waals surface area contributed by atoms with Gasteiger partial charge in [-0.25, -0.2) is 4.79 Å². The Morgan fingerprint density at radius 1 is 1.52 bits per heavy atom. The van der Waals surface area contributed by atoms with Gasteiger partial charge in [0.25, 0.3) is 5.91 Å². The first-order valence-corrected chi connectivity index (χ1v) is 7.48. The lowest BCUT2D eigenvalue weighted by molar-refractivity contribution is -0.131. The number of carboxylic acid groups (broad SMARTS) is 1. The molecule has 0 aliphatic carbocycles. The zero-order valence-electron chi connectivity index (χ0n) is 12.1. The summed E-state index contributed by atoms with van der Waals surface area (Å²) in [4.78, 5) is 25.3. The molecule has 0 atom stereocenters. The monoisotopic (exact) mass is 306 g/mol. The van der Waals surface area contributed by atoms with Crippen molar-refractivity contribution in [3.05, 3.63) is 28.0 Å². The first-order valence-electron chi connectivity index (χ1n) is 6.60. The summed E-state index contributed by atoms with van der Waals surface area (Å²) < 4.78 is 0. The number of amides is 1. The molecule has 0 aliphatic rings. The summed E-state index contributed by atoms with van der Waals surface area (Å²) in [5.74, 6) is -0.910. The van der Waals surface area contributed by atoms with Crippen molar-refractivity contribution in [3.8, 4) is 6.07 Å². The van der Waals surface area contributed by atoms with Gasteiger partial charge in [-0.05, 0) is 29.0 Å². The summed E-state index contributed by atoms with van der Waals surface area (Å²) in [5, 5.41) is 19.1. The Hall–Kier alpha value is -2.13. The average molecular weight is 306 g/mol. The minimum Gasteiger partial charge on any atom is -0.478 e. The molecule has 1 heterocycles. The molecule has 0 bridgehead atoms. The molecular weight excluding hydrogens is 288 g/mol. The number of nitriles is 1. The molecule has 0 spiro atoms. The van der Waals surface area contributed by atoms with E-state index in [9.17, 15) is 9.59 Å². The number of hydrogen-bond donors (Lipinski definition) is 1. The van der Waals surface area contributed by atoms with Crippen LogP contribution in [-0.2, 0) is 4.79 Å². The van der Waals surface area contributed by atoms with Crippen molar-refractivity contribution in [3.63, 3.8) is 0 Å². The van der Waals surface area contributed by atoms with Crippen molar-refractivity contribution in [1.29, 1.82) is 5.26 Å². The van der Waals surface area contributed by atoms with Crippen LogP contribution in [0, 0.1) is 17.2 Å². The van der Waals surface area contributed by atoms with Crippen LogP contribution in [0.1, 0.15) is 35.5 Å². The molecule has 0 aliphatic heterocycles. The molecule has 112 valence electrons. The standard InChI is InChI=1S/C15H18N2O3S/c1-11(2)10-17(8-3-7-16)15(20)14-12(6-9-21-14)4-5-13(18)19/h4-6,9,11H,3,8,10H2,1-2H3,(H,18,19). The summed E-state index contributed by atoms with van der Waals surface area (Å²) in [5.41, 5.74) is 0.595. The Morgan fingerprint density at radius 3 is 2.81 bits per heavy atom. The fourth-order valence-corrected chi connectivity index (χ4v) is 2.68. The molecule has 21 heavy (non-hydrogen) atoms. The highest BCUT2D eigenvalue weighted by Crippen LogP contribution is 2.21. The van der Waals surface area contributed by atoms with E-state index in [1.54, 1.807) is 16.3 Å². The smallest absolute Gasteiger partial charge is 0.328 e. The van der Waals surface area contributed by atoms with E-state index >= 15 is 0 Å². The minimum atomic E-state index is -1.05. The number of rotatable bonds is 7. The summed E-state index contributed by atoms with van der Waals surface area (Å²) in [6.07, 6.45) is 2.72. The van der Waals surface area contributed by atoms with Gasteiger partial charge in [0.1, 0.15) is 0 Å². The van der Waals surface area contributed by atoms with Gasteiger partial charge in [0, 0.05) is 19.2 Å². The maximum absolute atomic E-state index is 12.6. The van der Waals surface area contributed by atoms with Crippen molar-refractivity contribution in [2.45, 2.75) is 20.3 Å². The molecular formula is C15H18N2O3S. The molecule has 1 amide bonds. The van der Waals surface area contributed by atoms with E-state index in [1.165, 1.54) is 17.4 Å². The summed E-state index contributed by atoms with van der Waals surface area (Å²) in [7, 11) is 0. The molecule has 0 radical (unpaired) electrons. The highest BCUT2D eigenvalue weighted by Gasteiger charge is 2.20. The molecule has 0 unspecified atom stereocenters. The van der Waals surface area contributed by atoms with Gasteiger partial charge in [-0.3, -0.25) is 4.79 Å². The maximum atomic E-state index is 12.6. The third-order valence-corrected chi connectivity index (χ3v) is 3.58. The number of carboxylic acids is 1. The third kappa shape index (κ3) is 5.40. The third-order valence-electron chi connectivity index (χ3n) is 2.66. The lowest BCUT2D eigenvalue weighted by atomic mass is 10.1. The number of aliphatic carboxylic acids is 1. The normalized spacial score (nSPS) is 10.8. The van der Waals surface area contributed by atoms with Crippen LogP contribution in [0.3, 0.4) is 0 Å². The van der Waals surface area contributed by atoms with Crippen molar-refractivity contribution in [1.82, 2.24) is 4.90 Å². The largest absolute Gasteiger partial charge is 0.478 e.